The summed E-state index contributed by atoms with van der Waals surface area (Å²) in [5.74, 6) is 0.688. The molecule has 1 aromatic heterocycles. The van der Waals surface area contributed by atoms with Gasteiger partial charge in [0.15, 0.2) is 0 Å². The van der Waals surface area contributed by atoms with Crippen LogP contribution in [-0.4, -0.2) is 24.1 Å². The average Bonchev–Trinajstić information content (AvgIpc) is 3.07. The predicted octanol–water partition coefficient (Wildman–Crippen LogP) is 3.59. The van der Waals surface area contributed by atoms with Gasteiger partial charge in [0.2, 0.25) is 0 Å². The van der Waals surface area contributed by atoms with Gasteiger partial charge in [0.25, 0.3) is 5.91 Å². The second-order valence-corrected chi connectivity index (χ2v) is 6.49. The first kappa shape index (κ1) is 20.1. The second kappa shape index (κ2) is 9.05. The van der Waals surface area contributed by atoms with Crippen LogP contribution >= 0.6 is 0 Å². The molecule has 1 amide bonds. The number of hydrogen-bond donors (Lipinski definition) is 1. The van der Waals surface area contributed by atoms with Gasteiger partial charge in [-0.25, -0.2) is 4.79 Å². The van der Waals surface area contributed by atoms with Gasteiger partial charge < -0.3 is 19.3 Å². The summed E-state index contributed by atoms with van der Waals surface area (Å²) in [4.78, 5) is 23.9. The zero-order valence-electron chi connectivity index (χ0n) is 16.5. The number of carbonyl (C=O) groups excluding carboxylic acids is 2. The smallest absolute Gasteiger partial charge is 0.337 e. The van der Waals surface area contributed by atoms with Crippen LogP contribution in [0.3, 0.4) is 0 Å². The van der Waals surface area contributed by atoms with Crippen molar-refractivity contribution in [1.82, 2.24) is 10.5 Å². The zero-order valence-corrected chi connectivity index (χ0v) is 16.5. The maximum absolute atomic E-state index is 12.5. The van der Waals surface area contributed by atoms with Gasteiger partial charge in [-0.1, -0.05) is 23.4 Å². The number of aromatic nitrogens is 1. The van der Waals surface area contributed by atoms with Gasteiger partial charge in [0.1, 0.15) is 18.1 Å². The average molecular weight is 394 g/mol. The fourth-order valence-electron chi connectivity index (χ4n) is 2.75. The number of nitrogens with zero attached hydrogens (tertiary/aromatic N) is 1. The molecule has 0 fully saturated rings. The van der Waals surface area contributed by atoms with Crippen LogP contribution in [0.15, 0.2) is 53.1 Å². The molecule has 1 heterocycles. The lowest BCUT2D eigenvalue weighted by molar-refractivity contribution is 0.0600. The van der Waals surface area contributed by atoms with E-state index in [0.29, 0.717) is 30.0 Å². The first-order valence-corrected chi connectivity index (χ1v) is 9.08. The lowest BCUT2D eigenvalue weighted by Gasteiger charge is -2.09. The summed E-state index contributed by atoms with van der Waals surface area (Å²) in [6.45, 7) is 4.35. The van der Waals surface area contributed by atoms with Crippen LogP contribution in [0.1, 0.15) is 43.3 Å². The third-order valence-corrected chi connectivity index (χ3v) is 4.49. The van der Waals surface area contributed by atoms with E-state index in [1.807, 2.05) is 13.8 Å². The Morgan fingerprint density at radius 2 is 1.83 bits per heavy atom. The molecular formula is C22H22N2O5. The zero-order chi connectivity index (χ0) is 20.8. The van der Waals surface area contributed by atoms with E-state index in [4.69, 9.17) is 9.26 Å². The maximum atomic E-state index is 12.5. The summed E-state index contributed by atoms with van der Waals surface area (Å²) in [6.07, 6.45) is 0. The first-order chi connectivity index (χ1) is 14.0. The third kappa shape index (κ3) is 5.01. The largest absolute Gasteiger partial charge is 0.489 e. The van der Waals surface area contributed by atoms with E-state index in [9.17, 15) is 9.59 Å². The van der Waals surface area contributed by atoms with Crippen molar-refractivity contribution in [3.05, 3.63) is 82.2 Å². The summed E-state index contributed by atoms with van der Waals surface area (Å²) in [7, 11) is 1.34. The summed E-state index contributed by atoms with van der Waals surface area (Å²) >= 11 is 0. The molecule has 3 rings (SSSR count). The molecule has 29 heavy (non-hydrogen) atoms. The number of amides is 1. The maximum Gasteiger partial charge on any atom is 0.337 e. The highest BCUT2D eigenvalue weighted by atomic mass is 16.5. The van der Waals surface area contributed by atoms with Crippen LogP contribution in [0, 0.1) is 13.8 Å². The van der Waals surface area contributed by atoms with Crippen molar-refractivity contribution in [2.45, 2.75) is 27.0 Å². The highest BCUT2D eigenvalue weighted by molar-refractivity contribution is 5.94. The fourth-order valence-corrected chi connectivity index (χ4v) is 2.75. The van der Waals surface area contributed by atoms with E-state index >= 15 is 0 Å². The standard InChI is InChI=1S/C22H22N2O5/c1-14-20(15(2)29-24-14)13-28-19-6-4-5-18(11-19)21(25)23-12-16-7-9-17(10-8-16)22(26)27-3/h4-11H,12-13H2,1-3H3,(H,23,25). The van der Waals surface area contributed by atoms with Crippen molar-refractivity contribution in [2.24, 2.45) is 0 Å². The molecule has 0 saturated heterocycles. The van der Waals surface area contributed by atoms with E-state index in [-0.39, 0.29) is 5.91 Å². The van der Waals surface area contributed by atoms with E-state index in [2.05, 4.69) is 15.2 Å². The highest BCUT2D eigenvalue weighted by Crippen LogP contribution is 2.18. The van der Waals surface area contributed by atoms with Crippen molar-refractivity contribution < 1.29 is 23.6 Å². The number of benzene rings is 2. The Morgan fingerprint density at radius 3 is 2.48 bits per heavy atom. The number of rotatable bonds is 7. The quantitative estimate of drug-likeness (QED) is 0.616. The molecule has 0 unspecified atom stereocenters. The minimum atomic E-state index is -0.394. The fraction of sp³-hybridized carbons (Fsp3) is 0.227. The molecule has 0 bridgehead atoms. The van der Waals surface area contributed by atoms with E-state index < -0.39 is 5.97 Å². The number of carbonyl (C=O) groups is 2. The molecule has 3 aromatic rings. The minimum Gasteiger partial charge on any atom is -0.489 e. The van der Waals surface area contributed by atoms with Crippen LogP contribution in [0.25, 0.3) is 0 Å². The molecule has 0 radical (unpaired) electrons. The Labute approximate surface area is 168 Å². The van der Waals surface area contributed by atoms with E-state index in [1.165, 1.54) is 7.11 Å². The van der Waals surface area contributed by atoms with Crippen molar-refractivity contribution in [2.75, 3.05) is 7.11 Å². The Hall–Kier alpha value is -3.61. The van der Waals surface area contributed by atoms with Crippen LogP contribution in [0.2, 0.25) is 0 Å². The summed E-state index contributed by atoms with van der Waals surface area (Å²) in [5, 5.41) is 6.76. The molecule has 1 N–H and O–H groups in total. The first-order valence-electron chi connectivity index (χ1n) is 9.08. The number of hydrogen-bond acceptors (Lipinski definition) is 6. The second-order valence-electron chi connectivity index (χ2n) is 6.49. The molecule has 150 valence electrons. The predicted molar refractivity (Wildman–Crippen MR) is 106 cm³/mol. The minimum absolute atomic E-state index is 0.218. The van der Waals surface area contributed by atoms with Crippen molar-refractivity contribution in [3.63, 3.8) is 0 Å². The summed E-state index contributed by atoms with van der Waals surface area (Å²) in [5.41, 5.74) is 3.51. The molecule has 7 nitrogen and oxygen atoms in total. The molecule has 0 aliphatic rings. The summed E-state index contributed by atoms with van der Waals surface area (Å²) in [6, 6.07) is 13.8. The summed E-state index contributed by atoms with van der Waals surface area (Å²) < 4.78 is 15.6. The number of nitrogens with one attached hydrogen (secondary N) is 1. The van der Waals surface area contributed by atoms with Crippen LogP contribution in [0.5, 0.6) is 5.75 Å². The van der Waals surface area contributed by atoms with Gasteiger partial charge in [0, 0.05) is 12.1 Å². The van der Waals surface area contributed by atoms with Gasteiger partial charge in [-0.15, -0.1) is 0 Å². The molecular weight excluding hydrogens is 372 g/mol. The van der Waals surface area contributed by atoms with Gasteiger partial charge >= 0.3 is 5.97 Å². The Balaban J connectivity index is 1.58. The van der Waals surface area contributed by atoms with E-state index in [1.54, 1.807) is 48.5 Å². The van der Waals surface area contributed by atoms with Crippen LogP contribution in [0.4, 0.5) is 0 Å². The monoisotopic (exact) mass is 394 g/mol. The topological polar surface area (TPSA) is 90.7 Å². The van der Waals surface area contributed by atoms with Crippen molar-refractivity contribution in [1.29, 1.82) is 0 Å². The van der Waals surface area contributed by atoms with Gasteiger partial charge in [-0.05, 0) is 49.7 Å². The molecule has 0 atom stereocenters. The van der Waals surface area contributed by atoms with Crippen molar-refractivity contribution >= 4 is 11.9 Å². The lowest BCUT2D eigenvalue weighted by Crippen LogP contribution is -2.22. The third-order valence-electron chi connectivity index (χ3n) is 4.49. The molecule has 0 aliphatic carbocycles. The van der Waals surface area contributed by atoms with Gasteiger partial charge in [0.05, 0.1) is 23.9 Å². The molecule has 0 aliphatic heterocycles. The molecule has 0 saturated carbocycles. The Kier molecular flexibility index (Phi) is 6.29. The van der Waals surface area contributed by atoms with Gasteiger partial charge in [-0.2, -0.15) is 0 Å². The number of ether oxygens (including phenoxy) is 2. The van der Waals surface area contributed by atoms with Crippen LogP contribution in [-0.2, 0) is 17.9 Å². The lowest BCUT2D eigenvalue weighted by atomic mass is 10.1. The molecule has 0 spiro atoms. The van der Waals surface area contributed by atoms with Crippen molar-refractivity contribution in [3.8, 4) is 5.75 Å². The Morgan fingerprint density at radius 1 is 1.07 bits per heavy atom. The Bertz CT molecular complexity index is 989. The SMILES string of the molecule is COC(=O)c1ccc(CNC(=O)c2cccc(OCc3c(C)noc3C)c2)cc1. The van der Waals surface area contributed by atoms with Crippen LogP contribution < -0.4 is 10.1 Å². The number of aryl methyl sites for hydroxylation is 2. The molecule has 7 heteroatoms. The van der Waals surface area contributed by atoms with Gasteiger partial charge in [-0.3, -0.25) is 4.79 Å². The number of methoxy groups -OCH3 is 1. The highest BCUT2D eigenvalue weighted by Gasteiger charge is 2.11. The molecule has 2 aromatic carbocycles. The normalized spacial score (nSPS) is 10.4. The number of esters is 1. The van der Waals surface area contributed by atoms with E-state index in [0.717, 1.165) is 22.6 Å².